The zero-order valence-electron chi connectivity index (χ0n) is 16.6. The molecule has 152 valence electrons. The molecule has 30 heavy (non-hydrogen) atoms. The second kappa shape index (κ2) is 7.40. The highest BCUT2D eigenvalue weighted by molar-refractivity contribution is 5.94. The molecule has 0 radical (unpaired) electrons. The Morgan fingerprint density at radius 2 is 2.03 bits per heavy atom. The molecule has 1 aliphatic heterocycles. The SMILES string of the molecule is C[C@H]1CC(Cn2ccc3cc(-c4cn[nH]c4)cnc32)CN1C(=O)c1ccc(F)cc1. The van der Waals surface area contributed by atoms with Gasteiger partial charge >= 0.3 is 0 Å². The molecule has 7 heteroatoms. The molecular weight excluding hydrogens is 381 g/mol. The van der Waals surface area contributed by atoms with Crippen molar-refractivity contribution < 1.29 is 9.18 Å². The van der Waals surface area contributed by atoms with E-state index in [2.05, 4.69) is 45.0 Å². The fraction of sp³-hybridized carbons (Fsp3) is 0.261. The molecule has 4 aromatic rings. The zero-order chi connectivity index (χ0) is 20.7. The first-order valence-corrected chi connectivity index (χ1v) is 10.1. The molecule has 1 N–H and O–H groups in total. The second-order valence-corrected chi connectivity index (χ2v) is 8.01. The maximum absolute atomic E-state index is 13.2. The van der Waals surface area contributed by atoms with E-state index < -0.39 is 0 Å². The summed E-state index contributed by atoms with van der Waals surface area (Å²) in [5.74, 6) is -0.0256. The fourth-order valence-corrected chi connectivity index (χ4v) is 4.39. The summed E-state index contributed by atoms with van der Waals surface area (Å²) in [7, 11) is 0. The number of amides is 1. The number of aromatic nitrogens is 4. The van der Waals surface area contributed by atoms with Crippen LogP contribution in [0.1, 0.15) is 23.7 Å². The third-order valence-corrected chi connectivity index (χ3v) is 5.90. The van der Waals surface area contributed by atoms with E-state index in [4.69, 9.17) is 0 Å². The Morgan fingerprint density at radius 1 is 1.20 bits per heavy atom. The Bertz CT molecular complexity index is 1180. The number of nitrogens with one attached hydrogen (secondary N) is 1. The molecule has 0 aliphatic carbocycles. The predicted molar refractivity (Wildman–Crippen MR) is 112 cm³/mol. The minimum atomic E-state index is -0.332. The van der Waals surface area contributed by atoms with E-state index in [0.717, 1.165) is 35.1 Å². The number of hydrogen-bond acceptors (Lipinski definition) is 3. The lowest BCUT2D eigenvalue weighted by molar-refractivity contribution is 0.0742. The van der Waals surface area contributed by atoms with Crippen molar-refractivity contribution in [3.8, 4) is 11.1 Å². The Hall–Kier alpha value is -3.48. The van der Waals surface area contributed by atoms with E-state index in [1.54, 1.807) is 18.3 Å². The van der Waals surface area contributed by atoms with Gasteiger partial charge < -0.3 is 9.47 Å². The lowest BCUT2D eigenvalue weighted by Gasteiger charge is -2.21. The summed E-state index contributed by atoms with van der Waals surface area (Å²) in [6.07, 6.45) is 8.50. The molecule has 0 spiro atoms. The molecule has 1 unspecified atom stereocenters. The van der Waals surface area contributed by atoms with Crippen LogP contribution < -0.4 is 0 Å². The molecule has 2 atom stereocenters. The minimum Gasteiger partial charge on any atom is -0.336 e. The van der Waals surface area contributed by atoms with Crippen molar-refractivity contribution in [2.75, 3.05) is 6.54 Å². The Balaban J connectivity index is 1.32. The van der Waals surface area contributed by atoms with Crippen LogP contribution in [0.5, 0.6) is 0 Å². The highest BCUT2D eigenvalue weighted by Gasteiger charge is 2.33. The summed E-state index contributed by atoms with van der Waals surface area (Å²) in [6, 6.07) is 10.1. The third kappa shape index (κ3) is 3.36. The number of halogens is 1. The smallest absolute Gasteiger partial charge is 0.254 e. The Labute approximate surface area is 173 Å². The van der Waals surface area contributed by atoms with E-state index >= 15 is 0 Å². The van der Waals surface area contributed by atoms with Gasteiger partial charge in [-0.25, -0.2) is 9.37 Å². The van der Waals surface area contributed by atoms with E-state index in [-0.39, 0.29) is 17.8 Å². The third-order valence-electron chi connectivity index (χ3n) is 5.90. The van der Waals surface area contributed by atoms with Crippen LogP contribution in [0.15, 0.2) is 61.2 Å². The molecule has 3 aromatic heterocycles. The van der Waals surface area contributed by atoms with Gasteiger partial charge in [-0.3, -0.25) is 9.89 Å². The van der Waals surface area contributed by atoms with Gasteiger partial charge in [0.1, 0.15) is 11.5 Å². The van der Waals surface area contributed by atoms with Crippen molar-refractivity contribution in [2.45, 2.75) is 25.9 Å². The first kappa shape index (κ1) is 18.5. The largest absolute Gasteiger partial charge is 0.336 e. The Morgan fingerprint density at radius 3 is 2.80 bits per heavy atom. The summed E-state index contributed by atoms with van der Waals surface area (Å²) in [4.78, 5) is 19.4. The average Bonchev–Trinajstić information content (AvgIpc) is 3.49. The van der Waals surface area contributed by atoms with Crippen LogP contribution in [0.25, 0.3) is 22.2 Å². The number of aromatic amines is 1. The monoisotopic (exact) mass is 403 g/mol. The maximum Gasteiger partial charge on any atom is 0.254 e. The highest BCUT2D eigenvalue weighted by Crippen LogP contribution is 2.28. The van der Waals surface area contributed by atoms with Crippen LogP contribution in [0, 0.1) is 11.7 Å². The number of carbonyl (C=O) groups is 1. The molecule has 1 aromatic carbocycles. The summed E-state index contributed by atoms with van der Waals surface area (Å²) in [6.45, 7) is 3.56. The van der Waals surface area contributed by atoms with Crippen molar-refractivity contribution in [2.24, 2.45) is 5.92 Å². The Kier molecular flexibility index (Phi) is 4.58. The molecule has 1 aliphatic rings. The normalized spacial score (nSPS) is 18.9. The van der Waals surface area contributed by atoms with Gasteiger partial charge in [0.25, 0.3) is 5.91 Å². The van der Waals surface area contributed by atoms with Gasteiger partial charge in [-0.15, -0.1) is 0 Å². The quantitative estimate of drug-likeness (QED) is 0.557. The molecule has 6 nitrogen and oxygen atoms in total. The number of benzene rings is 1. The fourth-order valence-electron chi connectivity index (χ4n) is 4.39. The van der Waals surface area contributed by atoms with Gasteiger partial charge in [0.15, 0.2) is 0 Å². The topological polar surface area (TPSA) is 66.8 Å². The average molecular weight is 403 g/mol. The number of likely N-dealkylation sites (tertiary alicyclic amines) is 1. The van der Waals surface area contributed by atoms with Crippen molar-refractivity contribution in [1.29, 1.82) is 0 Å². The lowest BCUT2D eigenvalue weighted by atomic mass is 10.1. The first-order chi connectivity index (χ1) is 14.6. The van der Waals surface area contributed by atoms with Crippen LogP contribution >= 0.6 is 0 Å². The summed E-state index contributed by atoms with van der Waals surface area (Å²) >= 11 is 0. The first-order valence-electron chi connectivity index (χ1n) is 10.1. The van der Waals surface area contributed by atoms with Crippen molar-refractivity contribution >= 4 is 16.9 Å². The molecule has 1 saturated heterocycles. The van der Waals surface area contributed by atoms with Gasteiger partial charge in [-0.05, 0) is 55.7 Å². The number of pyridine rings is 1. The molecule has 1 fully saturated rings. The number of nitrogens with zero attached hydrogens (tertiary/aromatic N) is 4. The van der Waals surface area contributed by atoms with Gasteiger partial charge in [0.2, 0.25) is 0 Å². The predicted octanol–water partition coefficient (Wildman–Crippen LogP) is 4.12. The van der Waals surface area contributed by atoms with Gasteiger partial charge in [-0.2, -0.15) is 5.10 Å². The van der Waals surface area contributed by atoms with Crippen molar-refractivity contribution in [3.63, 3.8) is 0 Å². The molecule has 0 saturated carbocycles. The standard InChI is InChI=1S/C23H22FN5O/c1-15-8-16(14-29(15)23(30)17-2-4-21(24)5-3-17)13-28-7-6-18-9-19(10-25-22(18)28)20-11-26-27-12-20/h2-7,9-12,15-16H,8,13-14H2,1H3,(H,26,27)/t15-,16?/m0/s1. The van der Waals surface area contributed by atoms with E-state index in [9.17, 15) is 9.18 Å². The second-order valence-electron chi connectivity index (χ2n) is 8.01. The van der Waals surface area contributed by atoms with Crippen LogP contribution in [0.4, 0.5) is 4.39 Å². The summed E-state index contributed by atoms with van der Waals surface area (Å²) in [5.41, 5.74) is 3.51. The zero-order valence-corrected chi connectivity index (χ0v) is 16.6. The number of hydrogen-bond donors (Lipinski definition) is 1. The molecule has 4 heterocycles. The molecule has 1 amide bonds. The maximum atomic E-state index is 13.2. The van der Waals surface area contributed by atoms with Crippen molar-refractivity contribution in [3.05, 3.63) is 72.6 Å². The van der Waals surface area contributed by atoms with Crippen LogP contribution in [0.2, 0.25) is 0 Å². The van der Waals surface area contributed by atoms with Crippen LogP contribution in [-0.4, -0.2) is 43.1 Å². The van der Waals surface area contributed by atoms with Crippen LogP contribution in [-0.2, 0) is 6.54 Å². The number of rotatable bonds is 4. The van der Waals surface area contributed by atoms with Crippen LogP contribution in [0.3, 0.4) is 0 Å². The van der Waals surface area contributed by atoms with Gasteiger partial charge in [0.05, 0.1) is 6.20 Å². The van der Waals surface area contributed by atoms with E-state index in [1.165, 1.54) is 12.1 Å². The summed E-state index contributed by atoms with van der Waals surface area (Å²) in [5, 5.41) is 7.91. The molecule has 5 rings (SSSR count). The lowest BCUT2D eigenvalue weighted by Crippen LogP contribution is -2.34. The van der Waals surface area contributed by atoms with Crippen molar-refractivity contribution in [1.82, 2.24) is 24.6 Å². The molecule has 0 bridgehead atoms. The van der Waals surface area contributed by atoms with E-state index in [1.807, 2.05) is 17.3 Å². The van der Waals surface area contributed by atoms with E-state index in [0.29, 0.717) is 18.0 Å². The van der Waals surface area contributed by atoms with Gasteiger partial charge in [0, 0.05) is 59.8 Å². The number of carbonyl (C=O) groups excluding carboxylic acids is 1. The number of H-pyrrole nitrogens is 1. The highest BCUT2D eigenvalue weighted by atomic mass is 19.1. The molecular formula is C23H22FN5O. The summed E-state index contributed by atoms with van der Waals surface area (Å²) < 4.78 is 15.3. The minimum absolute atomic E-state index is 0.0368. The van der Waals surface area contributed by atoms with Gasteiger partial charge in [-0.1, -0.05) is 0 Å². The number of fused-ring (bicyclic) bond motifs is 1.